The van der Waals surface area contributed by atoms with Crippen LogP contribution in [-0.2, 0) is 6.42 Å². The standard InChI is InChI=1S/C6H8N4/c1-2-5-8-9-6-7-3-4-10(5)6/h3-4H,2H2,1H3,(H,7,9). The van der Waals surface area contributed by atoms with E-state index in [1.807, 2.05) is 16.8 Å². The summed E-state index contributed by atoms with van der Waals surface area (Å²) in [6.45, 7) is 2.06. The third-order valence-electron chi connectivity index (χ3n) is 1.52. The zero-order valence-corrected chi connectivity index (χ0v) is 5.70. The van der Waals surface area contributed by atoms with Crippen molar-refractivity contribution in [2.75, 3.05) is 0 Å². The molecular formula is C6H8N4. The molecule has 10 heavy (non-hydrogen) atoms. The van der Waals surface area contributed by atoms with E-state index in [4.69, 9.17) is 0 Å². The molecule has 0 aliphatic carbocycles. The highest BCUT2D eigenvalue weighted by Crippen LogP contribution is 1.99. The van der Waals surface area contributed by atoms with E-state index in [1.54, 1.807) is 0 Å². The van der Waals surface area contributed by atoms with Crippen molar-refractivity contribution in [2.24, 2.45) is 0 Å². The Morgan fingerprint density at radius 2 is 2.50 bits per heavy atom. The quantitative estimate of drug-likeness (QED) is 0.624. The first kappa shape index (κ1) is 5.46. The Morgan fingerprint density at radius 3 is 3.30 bits per heavy atom. The summed E-state index contributed by atoms with van der Waals surface area (Å²) < 4.78 is 1.94. The molecule has 0 bridgehead atoms. The number of imidazole rings is 1. The fourth-order valence-corrected chi connectivity index (χ4v) is 1.01. The fraction of sp³-hybridized carbons (Fsp3) is 0.333. The molecule has 2 aromatic rings. The number of rotatable bonds is 1. The van der Waals surface area contributed by atoms with Crippen molar-refractivity contribution in [2.45, 2.75) is 13.3 Å². The maximum absolute atomic E-state index is 3.96. The number of aryl methyl sites for hydroxylation is 1. The summed E-state index contributed by atoms with van der Waals surface area (Å²) in [5.41, 5.74) is 0. The Hall–Kier alpha value is -1.32. The maximum atomic E-state index is 3.96. The van der Waals surface area contributed by atoms with Gasteiger partial charge >= 0.3 is 0 Å². The lowest BCUT2D eigenvalue weighted by atomic mass is 10.5. The van der Waals surface area contributed by atoms with Gasteiger partial charge in [-0.3, -0.25) is 4.40 Å². The van der Waals surface area contributed by atoms with Crippen LogP contribution in [0.3, 0.4) is 0 Å². The minimum absolute atomic E-state index is 0.817. The van der Waals surface area contributed by atoms with E-state index in [9.17, 15) is 0 Å². The fourth-order valence-electron chi connectivity index (χ4n) is 1.01. The van der Waals surface area contributed by atoms with Crippen LogP contribution in [0.15, 0.2) is 12.4 Å². The van der Waals surface area contributed by atoms with Crippen LogP contribution >= 0.6 is 0 Å². The number of nitrogens with one attached hydrogen (secondary N) is 1. The number of H-pyrrole nitrogens is 1. The summed E-state index contributed by atoms with van der Waals surface area (Å²) in [6, 6.07) is 0. The van der Waals surface area contributed by atoms with Gasteiger partial charge in [-0.25, -0.2) is 0 Å². The first-order valence-corrected chi connectivity index (χ1v) is 3.29. The van der Waals surface area contributed by atoms with Crippen molar-refractivity contribution in [3.8, 4) is 0 Å². The highest BCUT2D eigenvalue weighted by Gasteiger charge is 2.00. The zero-order valence-electron chi connectivity index (χ0n) is 5.70. The van der Waals surface area contributed by atoms with Crippen molar-refractivity contribution in [3.05, 3.63) is 18.2 Å². The van der Waals surface area contributed by atoms with Gasteiger partial charge in [0, 0.05) is 18.8 Å². The summed E-state index contributed by atoms with van der Waals surface area (Å²) in [6.07, 6.45) is 4.69. The van der Waals surface area contributed by atoms with Crippen LogP contribution in [0.1, 0.15) is 12.7 Å². The van der Waals surface area contributed by atoms with Crippen molar-refractivity contribution >= 4 is 5.78 Å². The second-order valence-electron chi connectivity index (χ2n) is 2.12. The van der Waals surface area contributed by atoms with Gasteiger partial charge in [0.05, 0.1) is 0 Å². The number of aromatic nitrogens is 4. The minimum Gasteiger partial charge on any atom is -0.329 e. The Bertz CT molecular complexity index is 332. The van der Waals surface area contributed by atoms with E-state index >= 15 is 0 Å². The molecule has 0 unspecified atom stereocenters. The molecule has 0 amide bonds. The molecule has 4 heteroatoms. The predicted molar refractivity (Wildman–Crippen MR) is 36.7 cm³/mol. The third kappa shape index (κ3) is 0.556. The summed E-state index contributed by atoms with van der Waals surface area (Å²) in [4.78, 5) is 2.96. The van der Waals surface area contributed by atoms with Crippen LogP contribution in [-0.4, -0.2) is 19.6 Å². The average Bonchev–Trinajstić information content (AvgIpc) is 2.44. The van der Waals surface area contributed by atoms with Crippen LogP contribution in [0.4, 0.5) is 0 Å². The Labute approximate surface area is 57.9 Å². The van der Waals surface area contributed by atoms with E-state index in [0.717, 1.165) is 18.0 Å². The first-order chi connectivity index (χ1) is 4.92. The molecule has 0 aliphatic heterocycles. The van der Waals surface area contributed by atoms with E-state index in [1.165, 1.54) is 0 Å². The minimum atomic E-state index is 0.817. The van der Waals surface area contributed by atoms with Crippen molar-refractivity contribution in [1.29, 1.82) is 0 Å². The van der Waals surface area contributed by atoms with Gasteiger partial charge in [-0.15, -0.1) is 10.2 Å². The smallest absolute Gasteiger partial charge is 0.232 e. The molecule has 0 saturated carbocycles. The molecule has 2 heterocycles. The number of fused-ring (bicyclic) bond motifs is 1. The summed E-state index contributed by atoms with van der Waals surface area (Å²) in [5, 5.41) is 7.86. The number of nitrogens with zero attached hydrogens (tertiary/aromatic N) is 3. The van der Waals surface area contributed by atoms with Crippen LogP contribution in [0.25, 0.3) is 5.78 Å². The van der Waals surface area contributed by atoms with Crippen LogP contribution < -0.4 is 0 Å². The Kier molecular flexibility index (Phi) is 1.00. The molecule has 0 atom stereocenters. The molecule has 0 fully saturated rings. The van der Waals surface area contributed by atoms with E-state index in [2.05, 4.69) is 22.1 Å². The number of aromatic amines is 1. The average molecular weight is 136 g/mol. The van der Waals surface area contributed by atoms with Gasteiger partial charge in [0.25, 0.3) is 0 Å². The maximum Gasteiger partial charge on any atom is 0.232 e. The molecule has 52 valence electrons. The van der Waals surface area contributed by atoms with Gasteiger partial charge in [-0.1, -0.05) is 6.92 Å². The summed E-state index contributed by atoms with van der Waals surface area (Å²) >= 11 is 0. The summed E-state index contributed by atoms with van der Waals surface area (Å²) in [5.74, 6) is 1.81. The normalized spacial score (nSPS) is 10.9. The lowest BCUT2D eigenvalue weighted by molar-refractivity contribution is 0.911. The topological polar surface area (TPSA) is 46.0 Å². The molecule has 0 spiro atoms. The van der Waals surface area contributed by atoms with Crippen molar-refractivity contribution in [1.82, 2.24) is 19.6 Å². The molecule has 2 aromatic heterocycles. The first-order valence-electron chi connectivity index (χ1n) is 3.29. The highest BCUT2D eigenvalue weighted by molar-refractivity contribution is 5.26. The molecular weight excluding hydrogens is 128 g/mol. The Balaban J connectivity index is 2.76. The van der Waals surface area contributed by atoms with Gasteiger partial charge in [-0.05, 0) is 0 Å². The van der Waals surface area contributed by atoms with Crippen LogP contribution in [0.2, 0.25) is 0 Å². The number of hydrogen-bond donors (Lipinski definition) is 1. The molecule has 2 rings (SSSR count). The lowest BCUT2D eigenvalue weighted by Gasteiger charge is -1.85. The molecule has 0 aromatic carbocycles. The number of hydrogen-bond acceptors (Lipinski definition) is 2. The molecule has 0 saturated heterocycles. The predicted octanol–water partition coefficient (Wildman–Crippen LogP) is 0.620. The molecule has 0 radical (unpaired) electrons. The SMILES string of the molecule is CCc1nnc2[nH]ccn12. The monoisotopic (exact) mass is 136 g/mol. The van der Waals surface area contributed by atoms with Crippen LogP contribution in [0, 0.1) is 0 Å². The molecule has 0 aliphatic rings. The van der Waals surface area contributed by atoms with Crippen LogP contribution in [0.5, 0.6) is 0 Å². The van der Waals surface area contributed by atoms with Gasteiger partial charge in [0.1, 0.15) is 5.82 Å². The molecule has 4 nitrogen and oxygen atoms in total. The second kappa shape index (κ2) is 1.83. The zero-order chi connectivity index (χ0) is 6.97. The van der Waals surface area contributed by atoms with Crippen molar-refractivity contribution < 1.29 is 0 Å². The lowest BCUT2D eigenvalue weighted by Crippen LogP contribution is -1.87. The van der Waals surface area contributed by atoms with E-state index in [0.29, 0.717) is 0 Å². The highest BCUT2D eigenvalue weighted by atomic mass is 15.3. The largest absolute Gasteiger partial charge is 0.329 e. The summed E-state index contributed by atoms with van der Waals surface area (Å²) in [7, 11) is 0. The van der Waals surface area contributed by atoms with E-state index in [-0.39, 0.29) is 0 Å². The van der Waals surface area contributed by atoms with Crippen molar-refractivity contribution in [3.63, 3.8) is 0 Å². The van der Waals surface area contributed by atoms with Gasteiger partial charge in [-0.2, -0.15) is 0 Å². The Morgan fingerprint density at radius 1 is 1.60 bits per heavy atom. The third-order valence-corrected chi connectivity index (χ3v) is 1.52. The van der Waals surface area contributed by atoms with Gasteiger partial charge in [0.2, 0.25) is 5.78 Å². The van der Waals surface area contributed by atoms with E-state index < -0.39 is 0 Å². The van der Waals surface area contributed by atoms with Gasteiger partial charge < -0.3 is 4.98 Å². The van der Waals surface area contributed by atoms with Gasteiger partial charge in [0.15, 0.2) is 0 Å². The second-order valence-corrected chi connectivity index (χ2v) is 2.12. The molecule has 1 N–H and O–H groups in total.